The number of carboxylic acid groups (broad SMARTS) is 1. The van der Waals surface area contributed by atoms with Crippen LogP contribution < -0.4 is 0 Å². The van der Waals surface area contributed by atoms with Gasteiger partial charge in [-0.3, -0.25) is 0 Å². The predicted molar refractivity (Wildman–Crippen MR) is 50.5 cm³/mol. The Morgan fingerprint density at radius 3 is 2.54 bits per heavy atom. The Balaban J connectivity index is 3.19. The molecule has 3 nitrogen and oxygen atoms in total. The molecule has 1 aromatic carbocycles. The first-order valence-electron chi connectivity index (χ1n) is 3.69. The monoisotopic (exact) mass is 198 g/mol. The van der Waals surface area contributed by atoms with Crippen molar-refractivity contribution in [1.29, 1.82) is 0 Å². The van der Waals surface area contributed by atoms with Crippen LogP contribution in [0.25, 0.3) is 0 Å². The Bertz CT molecular complexity index is 334. The molecule has 0 saturated heterocycles. The van der Waals surface area contributed by atoms with Gasteiger partial charge < -0.3 is 9.66 Å². The van der Waals surface area contributed by atoms with Crippen LogP contribution in [0.15, 0.2) is 23.1 Å². The van der Waals surface area contributed by atoms with Crippen molar-refractivity contribution >= 4 is 17.1 Å². The molecule has 0 aromatic heterocycles. The topological polar surface area (TPSA) is 60.4 Å². The van der Waals surface area contributed by atoms with Crippen LogP contribution in [0.3, 0.4) is 0 Å². The van der Waals surface area contributed by atoms with E-state index in [2.05, 4.69) is 0 Å². The smallest absolute Gasteiger partial charge is 0.335 e. The normalized spacial score (nSPS) is 12.5. The average Bonchev–Trinajstić information content (AvgIpc) is 2.03. The van der Waals surface area contributed by atoms with Crippen molar-refractivity contribution in [2.75, 3.05) is 6.26 Å². The third kappa shape index (κ3) is 2.47. The van der Waals surface area contributed by atoms with E-state index in [9.17, 15) is 9.35 Å². The molecule has 0 aliphatic carbocycles. The lowest BCUT2D eigenvalue weighted by Gasteiger charge is -2.05. The molecule has 1 rings (SSSR count). The Kier molecular flexibility index (Phi) is 2.95. The Hall–Kier alpha value is -1.000. The number of carbonyl (C=O) groups is 1. The zero-order valence-corrected chi connectivity index (χ0v) is 8.22. The van der Waals surface area contributed by atoms with E-state index in [1.807, 2.05) is 0 Å². The molecule has 1 N–H and O–H groups in total. The summed E-state index contributed by atoms with van der Waals surface area (Å²) < 4.78 is 11.1. The minimum atomic E-state index is -1.13. The molecule has 0 fully saturated rings. The van der Waals surface area contributed by atoms with Gasteiger partial charge in [0, 0.05) is 6.07 Å². The summed E-state index contributed by atoms with van der Waals surface area (Å²) in [6.07, 6.45) is 1.53. The van der Waals surface area contributed by atoms with Crippen LogP contribution in [0.2, 0.25) is 0 Å². The molecule has 13 heavy (non-hydrogen) atoms. The van der Waals surface area contributed by atoms with Gasteiger partial charge in [-0.25, -0.2) is 4.79 Å². The van der Waals surface area contributed by atoms with Crippen molar-refractivity contribution in [3.8, 4) is 0 Å². The van der Waals surface area contributed by atoms with Gasteiger partial charge in [0.2, 0.25) is 0 Å². The van der Waals surface area contributed by atoms with Crippen LogP contribution in [0, 0.1) is 6.92 Å². The van der Waals surface area contributed by atoms with Crippen molar-refractivity contribution in [3.63, 3.8) is 0 Å². The molecule has 70 valence electrons. The zero-order valence-electron chi connectivity index (χ0n) is 7.40. The number of hydrogen-bond acceptors (Lipinski definition) is 2. The maximum Gasteiger partial charge on any atom is 0.335 e. The molecule has 0 radical (unpaired) electrons. The fourth-order valence-electron chi connectivity index (χ4n) is 1.04. The summed E-state index contributed by atoms with van der Waals surface area (Å²) in [7, 11) is 0. The molecule has 0 bridgehead atoms. The maximum atomic E-state index is 11.1. The van der Waals surface area contributed by atoms with E-state index in [-0.39, 0.29) is 5.56 Å². The molecule has 0 saturated carbocycles. The van der Waals surface area contributed by atoms with Crippen LogP contribution in [0.4, 0.5) is 0 Å². The highest BCUT2D eigenvalue weighted by molar-refractivity contribution is 7.90. The molecule has 0 heterocycles. The lowest BCUT2D eigenvalue weighted by atomic mass is 10.1. The van der Waals surface area contributed by atoms with E-state index in [1.165, 1.54) is 12.3 Å². The van der Waals surface area contributed by atoms with Gasteiger partial charge in [-0.1, -0.05) is 0 Å². The minimum Gasteiger partial charge on any atom is -0.612 e. The van der Waals surface area contributed by atoms with Gasteiger partial charge in [0.05, 0.1) is 5.56 Å². The van der Waals surface area contributed by atoms with E-state index in [0.29, 0.717) is 4.90 Å². The molecule has 4 heteroatoms. The van der Waals surface area contributed by atoms with Crippen LogP contribution in [-0.4, -0.2) is 21.9 Å². The first kappa shape index (κ1) is 10.1. The molecule has 1 unspecified atom stereocenters. The van der Waals surface area contributed by atoms with Crippen LogP contribution in [-0.2, 0) is 11.2 Å². The van der Waals surface area contributed by atoms with E-state index >= 15 is 0 Å². The summed E-state index contributed by atoms with van der Waals surface area (Å²) in [5.74, 6) is -0.990. The maximum absolute atomic E-state index is 11.1. The molecule has 0 amide bonds. The highest BCUT2D eigenvalue weighted by atomic mass is 32.2. The Labute approximate surface area is 79.6 Å². The summed E-state index contributed by atoms with van der Waals surface area (Å²) in [5.41, 5.74) is 0.996. The third-order valence-corrected chi connectivity index (χ3v) is 2.53. The second kappa shape index (κ2) is 3.81. The van der Waals surface area contributed by atoms with Gasteiger partial charge in [0.1, 0.15) is 6.26 Å². The average molecular weight is 198 g/mol. The van der Waals surface area contributed by atoms with Crippen molar-refractivity contribution in [1.82, 2.24) is 0 Å². The van der Waals surface area contributed by atoms with Gasteiger partial charge in [-0.05, 0) is 35.8 Å². The molecule has 1 atom stereocenters. The molecular weight excluding hydrogens is 188 g/mol. The molecular formula is C9H10O3S. The molecule has 0 aliphatic rings. The second-order valence-electron chi connectivity index (χ2n) is 2.79. The van der Waals surface area contributed by atoms with E-state index < -0.39 is 17.1 Å². The molecule has 0 aliphatic heterocycles. The number of aromatic carboxylic acids is 1. The first-order chi connectivity index (χ1) is 6.00. The summed E-state index contributed by atoms with van der Waals surface area (Å²) in [5, 5.41) is 8.72. The van der Waals surface area contributed by atoms with Gasteiger partial charge >= 0.3 is 5.97 Å². The zero-order chi connectivity index (χ0) is 10.0. The number of carboxylic acids is 1. The van der Waals surface area contributed by atoms with Crippen molar-refractivity contribution in [2.24, 2.45) is 0 Å². The SMILES string of the molecule is Cc1cc(C(=O)O)cc([S+](C)[O-])c1. The minimum absolute atomic E-state index is 0.185. The van der Waals surface area contributed by atoms with E-state index in [4.69, 9.17) is 5.11 Å². The molecule has 0 spiro atoms. The van der Waals surface area contributed by atoms with Gasteiger partial charge in [0.25, 0.3) is 0 Å². The summed E-state index contributed by atoms with van der Waals surface area (Å²) in [6, 6.07) is 4.71. The van der Waals surface area contributed by atoms with E-state index in [1.54, 1.807) is 19.1 Å². The second-order valence-corrected chi connectivity index (χ2v) is 4.17. The molecule has 1 aromatic rings. The van der Waals surface area contributed by atoms with Crippen molar-refractivity contribution in [2.45, 2.75) is 11.8 Å². The van der Waals surface area contributed by atoms with Crippen LogP contribution in [0.1, 0.15) is 15.9 Å². The van der Waals surface area contributed by atoms with E-state index in [0.717, 1.165) is 5.56 Å². The van der Waals surface area contributed by atoms with Gasteiger partial charge in [0.15, 0.2) is 4.90 Å². The lowest BCUT2D eigenvalue weighted by Crippen LogP contribution is -2.02. The highest BCUT2D eigenvalue weighted by Crippen LogP contribution is 2.14. The fourth-order valence-corrected chi connectivity index (χ4v) is 1.68. The van der Waals surface area contributed by atoms with Gasteiger partial charge in [-0.2, -0.15) is 0 Å². The number of benzene rings is 1. The Morgan fingerprint density at radius 2 is 2.08 bits per heavy atom. The number of aryl methyl sites for hydroxylation is 1. The number of hydrogen-bond donors (Lipinski definition) is 1. The van der Waals surface area contributed by atoms with Crippen LogP contribution in [0.5, 0.6) is 0 Å². The Morgan fingerprint density at radius 1 is 1.46 bits per heavy atom. The fraction of sp³-hybridized carbons (Fsp3) is 0.222. The summed E-state index contributed by atoms with van der Waals surface area (Å²) in [4.78, 5) is 11.2. The van der Waals surface area contributed by atoms with Gasteiger partial charge in [-0.15, -0.1) is 0 Å². The summed E-state index contributed by atoms with van der Waals surface area (Å²) in [6.45, 7) is 1.78. The standard InChI is InChI=1S/C9H10O3S/c1-6-3-7(9(10)11)5-8(4-6)13(2)12/h3-5H,1-2H3,(H,10,11). The predicted octanol–water partition coefficient (Wildman–Crippen LogP) is 1.43. The van der Waals surface area contributed by atoms with Crippen molar-refractivity contribution < 1.29 is 14.5 Å². The largest absolute Gasteiger partial charge is 0.612 e. The summed E-state index contributed by atoms with van der Waals surface area (Å²) >= 11 is -1.13. The van der Waals surface area contributed by atoms with Crippen molar-refractivity contribution in [3.05, 3.63) is 29.3 Å². The van der Waals surface area contributed by atoms with Crippen LogP contribution >= 0.6 is 0 Å². The third-order valence-electron chi connectivity index (χ3n) is 1.63. The first-order valence-corrected chi connectivity index (χ1v) is 5.25. The lowest BCUT2D eigenvalue weighted by molar-refractivity contribution is 0.0696. The highest BCUT2D eigenvalue weighted by Gasteiger charge is 2.10. The number of rotatable bonds is 2. The quantitative estimate of drug-likeness (QED) is 0.731.